The van der Waals surface area contributed by atoms with Crippen LogP contribution >= 0.6 is 11.6 Å². The minimum Gasteiger partial charge on any atom is -0.328 e. The summed E-state index contributed by atoms with van der Waals surface area (Å²) in [6.45, 7) is 1.63. The smallest absolute Gasteiger partial charge is 0.328 e. The summed E-state index contributed by atoms with van der Waals surface area (Å²) in [6, 6.07) is 11.2. The zero-order valence-electron chi connectivity index (χ0n) is 13.3. The number of urea groups is 1. The number of amides is 3. The SMILES string of the molecule is CC1=NC(=O)NC(c2ccc(F)cc2)C1C(=O)Nc1ccc(Cl)cc1. The molecular weight excluding hydrogens is 345 g/mol. The molecule has 0 aliphatic carbocycles. The molecule has 0 bridgehead atoms. The Morgan fingerprint density at radius 1 is 1.16 bits per heavy atom. The molecule has 1 aliphatic rings. The molecule has 0 saturated heterocycles. The van der Waals surface area contributed by atoms with Crippen LogP contribution in [0.4, 0.5) is 14.9 Å². The van der Waals surface area contributed by atoms with Gasteiger partial charge in [0.25, 0.3) is 0 Å². The molecule has 25 heavy (non-hydrogen) atoms. The Labute approximate surface area is 148 Å². The summed E-state index contributed by atoms with van der Waals surface area (Å²) in [7, 11) is 0. The maximum absolute atomic E-state index is 13.2. The first-order chi connectivity index (χ1) is 11.9. The maximum atomic E-state index is 13.2. The van der Waals surface area contributed by atoms with E-state index < -0.39 is 23.8 Å². The van der Waals surface area contributed by atoms with Crippen molar-refractivity contribution in [1.82, 2.24) is 5.32 Å². The van der Waals surface area contributed by atoms with E-state index in [1.807, 2.05) is 0 Å². The van der Waals surface area contributed by atoms with Crippen molar-refractivity contribution < 1.29 is 14.0 Å². The summed E-state index contributed by atoms with van der Waals surface area (Å²) < 4.78 is 13.2. The van der Waals surface area contributed by atoms with E-state index in [1.165, 1.54) is 12.1 Å². The molecule has 7 heteroatoms. The summed E-state index contributed by atoms with van der Waals surface area (Å²) in [5, 5.41) is 6.03. The molecule has 2 atom stereocenters. The van der Waals surface area contributed by atoms with Crippen molar-refractivity contribution in [2.24, 2.45) is 10.9 Å². The van der Waals surface area contributed by atoms with E-state index in [1.54, 1.807) is 43.3 Å². The van der Waals surface area contributed by atoms with Crippen LogP contribution in [-0.4, -0.2) is 17.6 Å². The third-order valence-electron chi connectivity index (χ3n) is 3.96. The Balaban J connectivity index is 1.89. The molecule has 1 heterocycles. The minimum absolute atomic E-state index is 0.321. The number of hydrogen-bond donors (Lipinski definition) is 2. The number of carbonyl (C=O) groups is 2. The lowest BCUT2D eigenvalue weighted by Gasteiger charge is -2.30. The third kappa shape index (κ3) is 3.85. The summed E-state index contributed by atoms with van der Waals surface area (Å²) in [4.78, 5) is 28.4. The number of nitrogens with one attached hydrogen (secondary N) is 2. The summed E-state index contributed by atoms with van der Waals surface area (Å²) in [5.74, 6) is -1.42. The number of nitrogens with zero attached hydrogens (tertiary/aromatic N) is 1. The highest BCUT2D eigenvalue weighted by atomic mass is 35.5. The molecule has 3 rings (SSSR count). The molecule has 128 valence electrons. The Morgan fingerprint density at radius 3 is 2.44 bits per heavy atom. The Kier molecular flexibility index (Phi) is 4.81. The van der Waals surface area contributed by atoms with Gasteiger partial charge in [0, 0.05) is 16.4 Å². The lowest BCUT2D eigenvalue weighted by atomic mass is 9.87. The summed E-state index contributed by atoms with van der Waals surface area (Å²) in [5.41, 5.74) is 1.60. The second-order valence-electron chi connectivity index (χ2n) is 5.71. The van der Waals surface area contributed by atoms with Crippen molar-refractivity contribution in [3.63, 3.8) is 0 Å². The lowest BCUT2D eigenvalue weighted by Crippen LogP contribution is -2.45. The zero-order chi connectivity index (χ0) is 18.0. The van der Waals surface area contributed by atoms with Crippen LogP contribution in [0.25, 0.3) is 0 Å². The Hall–Kier alpha value is -2.73. The second-order valence-corrected chi connectivity index (χ2v) is 6.14. The van der Waals surface area contributed by atoms with Crippen LogP contribution in [-0.2, 0) is 4.79 Å². The van der Waals surface area contributed by atoms with E-state index in [0.717, 1.165) is 0 Å². The largest absolute Gasteiger partial charge is 0.341 e. The van der Waals surface area contributed by atoms with Gasteiger partial charge >= 0.3 is 6.03 Å². The molecule has 0 aromatic heterocycles. The van der Waals surface area contributed by atoms with Crippen LogP contribution in [0.1, 0.15) is 18.5 Å². The van der Waals surface area contributed by atoms with Gasteiger partial charge in [-0.15, -0.1) is 0 Å². The molecule has 3 amide bonds. The molecule has 2 aromatic rings. The van der Waals surface area contributed by atoms with E-state index in [4.69, 9.17) is 11.6 Å². The molecule has 1 aliphatic heterocycles. The highest BCUT2D eigenvalue weighted by Crippen LogP contribution is 2.28. The first-order valence-corrected chi connectivity index (χ1v) is 7.99. The predicted octanol–water partition coefficient (Wildman–Crippen LogP) is 3.96. The summed E-state index contributed by atoms with van der Waals surface area (Å²) >= 11 is 5.84. The fraction of sp³-hybridized carbons (Fsp3) is 0.167. The van der Waals surface area contributed by atoms with Gasteiger partial charge in [-0.3, -0.25) is 4.79 Å². The Morgan fingerprint density at radius 2 is 1.80 bits per heavy atom. The highest BCUT2D eigenvalue weighted by molar-refractivity contribution is 6.30. The fourth-order valence-electron chi connectivity index (χ4n) is 2.76. The van der Waals surface area contributed by atoms with E-state index in [9.17, 15) is 14.0 Å². The van der Waals surface area contributed by atoms with Crippen molar-refractivity contribution in [1.29, 1.82) is 0 Å². The molecule has 0 radical (unpaired) electrons. The lowest BCUT2D eigenvalue weighted by molar-refractivity contribution is -0.118. The van der Waals surface area contributed by atoms with Crippen molar-refractivity contribution in [3.8, 4) is 0 Å². The number of carbonyl (C=O) groups excluding carboxylic acids is 2. The molecule has 0 spiro atoms. The molecule has 2 N–H and O–H groups in total. The van der Waals surface area contributed by atoms with Crippen LogP contribution in [0.15, 0.2) is 53.5 Å². The average molecular weight is 360 g/mol. The molecule has 0 fully saturated rings. The first-order valence-electron chi connectivity index (χ1n) is 7.61. The van der Waals surface area contributed by atoms with E-state index >= 15 is 0 Å². The van der Waals surface area contributed by atoms with E-state index in [2.05, 4.69) is 15.6 Å². The van der Waals surface area contributed by atoms with Crippen LogP contribution in [0, 0.1) is 11.7 Å². The van der Waals surface area contributed by atoms with Gasteiger partial charge in [0.15, 0.2) is 0 Å². The van der Waals surface area contributed by atoms with Crippen molar-refractivity contribution in [2.45, 2.75) is 13.0 Å². The number of rotatable bonds is 3. The molecule has 2 aromatic carbocycles. The number of aliphatic imine (C=N–C) groups is 1. The standard InChI is InChI=1S/C18H15ClFN3O2/c1-10-15(17(24)22-14-8-4-12(19)5-9-14)16(23-18(25)21-10)11-2-6-13(20)7-3-11/h2-9,15-16H,1H3,(H,22,24)(H,23,25). The topological polar surface area (TPSA) is 70.6 Å². The van der Waals surface area contributed by atoms with Gasteiger partial charge in [0.05, 0.1) is 6.04 Å². The van der Waals surface area contributed by atoms with Gasteiger partial charge in [0.2, 0.25) is 5.91 Å². The molecule has 2 unspecified atom stereocenters. The number of hydrogen-bond acceptors (Lipinski definition) is 2. The monoisotopic (exact) mass is 359 g/mol. The fourth-order valence-corrected chi connectivity index (χ4v) is 2.89. The van der Waals surface area contributed by atoms with Crippen LogP contribution in [0.2, 0.25) is 5.02 Å². The zero-order valence-corrected chi connectivity index (χ0v) is 14.0. The molecular formula is C18H15ClFN3O2. The average Bonchev–Trinajstić information content (AvgIpc) is 2.57. The van der Waals surface area contributed by atoms with Gasteiger partial charge in [0.1, 0.15) is 11.7 Å². The normalized spacial score (nSPS) is 19.8. The first kappa shape index (κ1) is 17.1. The quantitative estimate of drug-likeness (QED) is 0.870. The van der Waals surface area contributed by atoms with Crippen LogP contribution in [0.3, 0.4) is 0 Å². The third-order valence-corrected chi connectivity index (χ3v) is 4.22. The van der Waals surface area contributed by atoms with Crippen LogP contribution < -0.4 is 10.6 Å². The Bertz CT molecular complexity index is 834. The van der Waals surface area contributed by atoms with Crippen molar-refractivity contribution in [3.05, 3.63) is 64.9 Å². The van der Waals surface area contributed by atoms with Crippen molar-refractivity contribution >= 4 is 34.9 Å². The highest BCUT2D eigenvalue weighted by Gasteiger charge is 2.36. The van der Waals surface area contributed by atoms with Gasteiger partial charge in [-0.2, -0.15) is 0 Å². The van der Waals surface area contributed by atoms with Gasteiger partial charge in [-0.1, -0.05) is 23.7 Å². The molecule has 0 saturated carbocycles. The number of halogens is 2. The summed E-state index contributed by atoms with van der Waals surface area (Å²) in [6.07, 6.45) is 0. The van der Waals surface area contributed by atoms with Gasteiger partial charge in [-0.25, -0.2) is 14.2 Å². The van der Waals surface area contributed by atoms with Crippen LogP contribution in [0.5, 0.6) is 0 Å². The predicted molar refractivity (Wildman–Crippen MR) is 94.4 cm³/mol. The van der Waals surface area contributed by atoms with Gasteiger partial charge < -0.3 is 10.6 Å². The minimum atomic E-state index is -0.709. The van der Waals surface area contributed by atoms with E-state index in [-0.39, 0.29) is 5.91 Å². The maximum Gasteiger partial charge on any atom is 0.341 e. The molecule has 5 nitrogen and oxygen atoms in total. The van der Waals surface area contributed by atoms with Crippen molar-refractivity contribution in [2.75, 3.05) is 5.32 Å². The second kappa shape index (κ2) is 7.03. The van der Waals surface area contributed by atoms with Gasteiger partial charge in [-0.05, 0) is 48.9 Å². The number of anilines is 1. The number of benzene rings is 2. The van der Waals surface area contributed by atoms with E-state index in [0.29, 0.717) is 22.0 Å².